The van der Waals surface area contributed by atoms with Crippen molar-refractivity contribution in [2.24, 2.45) is 5.92 Å². The van der Waals surface area contributed by atoms with E-state index in [-0.39, 0.29) is 17.2 Å². The Kier molecular flexibility index (Phi) is 4.34. The number of aryl methyl sites for hydroxylation is 1. The van der Waals surface area contributed by atoms with Gasteiger partial charge >= 0.3 is 5.97 Å². The second kappa shape index (κ2) is 5.51. The van der Waals surface area contributed by atoms with Gasteiger partial charge in [-0.05, 0) is 47.7 Å². The van der Waals surface area contributed by atoms with E-state index in [4.69, 9.17) is 5.11 Å². The lowest BCUT2D eigenvalue weighted by atomic mass is 10.1. The van der Waals surface area contributed by atoms with Crippen molar-refractivity contribution in [1.29, 1.82) is 0 Å². The van der Waals surface area contributed by atoms with Crippen LogP contribution in [0.1, 0.15) is 24.1 Å². The molecule has 0 radical (unpaired) electrons. The molecule has 1 atom stereocenters. The van der Waals surface area contributed by atoms with Crippen molar-refractivity contribution in [2.45, 2.75) is 37.1 Å². The zero-order valence-electron chi connectivity index (χ0n) is 10.2. The summed E-state index contributed by atoms with van der Waals surface area (Å²) in [5, 5.41) is 8.85. The molecule has 1 saturated carbocycles. The number of aliphatic carboxylic acids is 1. The van der Waals surface area contributed by atoms with Gasteiger partial charge < -0.3 is 5.11 Å². The van der Waals surface area contributed by atoms with Crippen LogP contribution in [-0.4, -0.2) is 25.5 Å². The molecule has 0 spiro atoms. The maximum absolute atomic E-state index is 12.3. The molecule has 1 heterocycles. The monoisotopic (exact) mass is 367 g/mol. The SMILES string of the molecule is Cc1sc(Br)cc1S(=O)(=O)NC(CC(=O)O)C1CC1. The van der Waals surface area contributed by atoms with Crippen LogP contribution in [0.5, 0.6) is 0 Å². The number of halogens is 1. The average Bonchev–Trinajstić information content (AvgIpc) is 3.02. The summed E-state index contributed by atoms with van der Waals surface area (Å²) in [6, 6.07) is 1.04. The lowest BCUT2D eigenvalue weighted by Gasteiger charge is -2.16. The number of nitrogens with one attached hydrogen (secondary N) is 1. The summed E-state index contributed by atoms with van der Waals surface area (Å²) in [5.74, 6) is -0.837. The first-order valence-electron chi connectivity index (χ1n) is 5.79. The minimum atomic E-state index is -3.65. The summed E-state index contributed by atoms with van der Waals surface area (Å²) >= 11 is 4.60. The topological polar surface area (TPSA) is 83.5 Å². The highest BCUT2D eigenvalue weighted by atomic mass is 79.9. The molecule has 19 heavy (non-hydrogen) atoms. The van der Waals surface area contributed by atoms with Crippen molar-refractivity contribution in [3.8, 4) is 0 Å². The van der Waals surface area contributed by atoms with E-state index in [2.05, 4.69) is 20.7 Å². The first-order valence-corrected chi connectivity index (χ1v) is 8.89. The Morgan fingerprint density at radius 3 is 2.68 bits per heavy atom. The van der Waals surface area contributed by atoms with E-state index in [1.807, 2.05) is 0 Å². The summed E-state index contributed by atoms with van der Waals surface area (Å²) in [5.41, 5.74) is 0. The molecule has 0 amide bonds. The van der Waals surface area contributed by atoms with Crippen LogP contribution in [0.3, 0.4) is 0 Å². The lowest BCUT2D eigenvalue weighted by molar-refractivity contribution is -0.137. The van der Waals surface area contributed by atoms with E-state index in [0.717, 1.165) is 16.6 Å². The summed E-state index contributed by atoms with van der Waals surface area (Å²) in [6.07, 6.45) is 1.59. The van der Waals surface area contributed by atoms with Crippen molar-refractivity contribution in [2.75, 3.05) is 0 Å². The molecule has 2 rings (SSSR count). The Bertz CT molecular complexity index is 592. The van der Waals surface area contributed by atoms with E-state index < -0.39 is 22.0 Å². The van der Waals surface area contributed by atoms with Gasteiger partial charge in [0.1, 0.15) is 0 Å². The standard InChI is InChI=1S/C11H14BrNO4S2/c1-6-9(5-10(12)18-6)19(16,17)13-8(4-11(14)15)7-2-3-7/h5,7-8,13H,2-4H2,1H3,(H,14,15). The molecule has 0 aliphatic heterocycles. The predicted octanol–water partition coefficient (Wildman–Crippen LogP) is 2.35. The molecule has 1 aromatic rings. The van der Waals surface area contributed by atoms with Crippen LogP contribution < -0.4 is 4.72 Å². The molecule has 0 aromatic carbocycles. The maximum Gasteiger partial charge on any atom is 0.304 e. The van der Waals surface area contributed by atoms with Gasteiger partial charge in [0.15, 0.2) is 0 Å². The van der Waals surface area contributed by atoms with Gasteiger partial charge in [0.2, 0.25) is 10.0 Å². The number of carboxylic acids is 1. The number of sulfonamides is 1. The molecular formula is C11H14BrNO4S2. The summed E-state index contributed by atoms with van der Waals surface area (Å²) in [4.78, 5) is 11.7. The zero-order valence-corrected chi connectivity index (χ0v) is 13.4. The summed E-state index contributed by atoms with van der Waals surface area (Å²) in [6.45, 7) is 1.73. The Morgan fingerprint density at radius 1 is 1.63 bits per heavy atom. The van der Waals surface area contributed by atoms with Crippen molar-refractivity contribution >= 4 is 43.3 Å². The highest BCUT2D eigenvalue weighted by Crippen LogP contribution is 2.36. The van der Waals surface area contributed by atoms with Crippen LogP contribution in [0.4, 0.5) is 0 Å². The molecule has 1 aliphatic rings. The van der Waals surface area contributed by atoms with Crippen LogP contribution in [0.15, 0.2) is 14.7 Å². The number of carboxylic acid groups (broad SMARTS) is 1. The average molecular weight is 368 g/mol. The van der Waals surface area contributed by atoms with Crippen molar-refractivity contribution in [1.82, 2.24) is 4.72 Å². The molecule has 8 heteroatoms. The van der Waals surface area contributed by atoms with Crippen molar-refractivity contribution in [3.63, 3.8) is 0 Å². The lowest BCUT2D eigenvalue weighted by Crippen LogP contribution is -2.38. The molecular weight excluding hydrogens is 354 g/mol. The largest absolute Gasteiger partial charge is 0.481 e. The van der Waals surface area contributed by atoms with E-state index in [1.165, 1.54) is 11.3 Å². The third kappa shape index (κ3) is 3.77. The van der Waals surface area contributed by atoms with E-state index >= 15 is 0 Å². The Labute approximate surface area is 124 Å². The third-order valence-corrected chi connectivity index (χ3v) is 6.32. The Hall–Kier alpha value is -0.440. The second-order valence-corrected chi connectivity index (χ2v) is 8.95. The predicted molar refractivity (Wildman–Crippen MR) is 75.8 cm³/mol. The second-order valence-electron chi connectivity index (χ2n) is 4.63. The van der Waals surface area contributed by atoms with E-state index in [9.17, 15) is 13.2 Å². The first kappa shape index (κ1) is 15.0. The van der Waals surface area contributed by atoms with Gasteiger partial charge in [0.05, 0.1) is 15.1 Å². The Morgan fingerprint density at radius 2 is 2.26 bits per heavy atom. The van der Waals surface area contributed by atoms with Gasteiger partial charge in [-0.15, -0.1) is 11.3 Å². The number of rotatable bonds is 6. The number of hydrogen-bond donors (Lipinski definition) is 2. The summed E-state index contributed by atoms with van der Waals surface area (Å²) < 4.78 is 27.8. The Balaban J connectivity index is 2.19. The molecule has 1 fully saturated rings. The maximum atomic E-state index is 12.3. The van der Waals surface area contributed by atoms with Gasteiger partial charge in [0.25, 0.3) is 0 Å². The molecule has 2 N–H and O–H groups in total. The van der Waals surface area contributed by atoms with Crippen LogP contribution in [0, 0.1) is 12.8 Å². The molecule has 0 saturated heterocycles. The van der Waals surface area contributed by atoms with Crippen molar-refractivity contribution < 1.29 is 18.3 Å². The molecule has 0 bridgehead atoms. The smallest absolute Gasteiger partial charge is 0.304 e. The quantitative estimate of drug-likeness (QED) is 0.808. The van der Waals surface area contributed by atoms with Gasteiger partial charge in [0, 0.05) is 10.9 Å². The molecule has 5 nitrogen and oxygen atoms in total. The van der Waals surface area contributed by atoms with Crippen molar-refractivity contribution in [3.05, 3.63) is 14.7 Å². The first-order chi connectivity index (χ1) is 8.79. The number of thiophene rings is 1. The van der Waals surface area contributed by atoms with Gasteiger partial charge in [-0.3, -0.25) is 4.79 Å². The highest BCUT2D eigenvalue weighted by molar-refractivity contribution is 9.11. The normalized spacial score (nSPS) is 17.4. The third-order valence-electron chi connectivity index (χ3n) is 3.02. The summed E-state index contributed by atoms with van der Waals surface area (Å²) in [7, 11) is -3.65. The van der Waals surface area contributed by atoms with E-state index in [0.29, 0.717) is 4.88 Å². The van der Waals surface area contributed by atoms with Gasteiger partial charge in [-0.1, -0.05) is 0 Å². The van der Waals surface area contributed by atoms with Crippen LogP contribution >= 0.6 is 27.3 Å². The molecule has 106 valence electrons. The fourth-order valence-electron chi connectivity index (χ4n) is 1.95. The molecule has 1 aromatic heterocycles. The molecule has 1 unspecified atom stereocenters. The van der Waals surface area contributed by atoms with Crippen LogP contribution in [-0.2, 0) is 14.8 Å². The van der Waals surface area contributed by atoms with Gasteiger partial charge in [-0.2, -0.15) is 0 Å². The highest BCUT2D eigenvalue weighted by Gasteiger charge is 2.36. The van der Waals surface area contributed by atoms with E-state index in [1.54, 1.807) is 13.0 Å². The van der Waals surface area contributed by atoms with Crippen LogP contribution in [0.2, 0.25) is 0 Å². The minimum Gasteiger partial charge on any atom is -0.481 e. The fourth-order valence-corrected chi connectivity index (χ4v) is 5.67. The van der Waals surface area contributed by atoms with Crippen LogP contribution in [0.25, 0.3) is 0 Å². The number of carbonyl (C=O) groups is 1. The number of hydrogen-bond acceptors (Lipinski definition) is 4. The zero-order chi connectivity index (χ0) is 14.2. The fraction of sp³-hybridized carbons (Fsp3) is 0.545. The van der Waals surface area contributed by atoms with Gasteiger partial charge in [-0.25, -0.2) is 13.1 Å². The molecule has 1 aliphatic carbocycles. The minimum absolute atomic E-state index is 0.147.